The van der Waals surface area contributed by atoms with Crippen LogP contribution in [-0.4, -0.2) is 24.5 Å². The monoisotopic (exact) mass is 273 g/mol. The number of anilines is 2. The van der Waals surface area contributed by atoms with E-state index in [-0.39, 0.29) is 11.7 Å². The van der Waals surface area contributed by atoms with Crippen molar-refractivity contribution in [2.45, 2.75) is 6.92 Å². The molecule has 0 radical (unpaired) electrons. The van der Waals surface area contributed by atoms with Crippen molar-refractivity contribution in [1.29, 1.82) is 0 Å². The van der Waals surface area contributed by atoms with Gasteiger partial charge in [0.15, 0.2) is 0 Å². The Hall–Kier alpha value is -2.43. The highest BCUT2D eigenvalue weighted by molar-refractivity contribution is 6.09. The van der Waals surface area contributed by atoms with Crippen LogP contribution in [0.4, 0.5) is 15.9 Å². The second-order valence-corrected chi connectivity index (χ2v) is 4.18. The molecule has 1 N–H and O–H groups in total. The lowest BCUT2D eigenvalue weighted by Gasteiger charge is -2.22. The smallest absolute Gasteiger partial charge is 0.262 e. The molecule has 1 heterocycles. The van der Waals surface area contributed by atoms with Crippen molar-refractivity contribution in [3.05, 3.63) is 54.0 Å². The number of nitrogens with one attached hydrogen (secondary N) is 1. The molecule has 2 aromatic rings. The van der Waals surface area contributed by atoms with Crippen LogP contribution in [0.25, 0.3) is 0 Å². The molecule has 0 aliphatic heterocycles. The summed E-state index contributed by atoms with van der Waals surface area (Å²) in [6, 6.07) is 9.29. The molecule has 104 valence electrons. The molecule has 0 aliphatic rings. The van der Waals surface area contributed by atoms with Crippen molar-refractivity contribution >= 4 is 17.4 Å². The summed E-state index contributed by atoms with van der Waals surface area (Å²) >= 11 is 0. The fraction of sp³-hybridized carbons (Fsp3) is 0.200. The molecule has 4 nitrogen and oxygen atoms in total. The Kier molecular flexibility index (Phi) is 4.30. The Balaban J connectivity index is 2.36. The van der Waals surface area contributed by atoms with Gasteiger partial charge in [0.05, 0.1) is 5.56 Å². The largest absolute Gasteiger partial charge is 0.372 e. The minimum atomic E-state index is -0.324. The Morgan fingerprint density at radius 1 is 1.30 bits per heavy atom. The van der Waals surface area contributed by atoms with Crippen LogP contribution in [0.1, 0.15) is 17.3 Å². The molecule has 0 spiro atoms. The number of pyridine rings is 1. The molecular formula is C15H16FN3O. The van der Waals surface area contributed by atoms with Gasteiger partial charge in [-0.15, -0.1) is 0 Å². The third kappa shape index (κ3) is 2.77. The van der Waals surface area contributed by atoms with E-state index in [9.17, 15) is 9.18 Å². The first-order valence-corrected chi connectivity index (χ1v) is 6.37. The predicted molar refractivity (Wildman–Crippen MR) is 77.5 cm³/mol. The van der Waals surface area contributed by atoms with Crippen LogP contribution in [0.2, 0.25) is 0 Å². The summed E-state index contributed by atoms with van der Waals surface area (Å²) in [6.07, 6.45) is 1.62. The van der Waals surface area contributed by atoms with Gasteiger partial charge in [-0.2, -0.15) is 0 Å². The van der Waals surface area contributed by atoms with Crippen LogP contribution < -0.4 is 10.2 Å². The van der Waals surface area contributed by atoms with E-state index in [4.69, 9.17) is 0 Å². The second-order valence-electron chi connectivity index (χ2n) is 4.18. The molecule has 0 atom stereocenters. The lowest BCUT2D eigenvalue weighted by Crippen LogP contribution is -2.31. The van der Waals surface area contributed by atoms with Crippen LogP contribution in [0.15, 0.2) is 42.6 Å². The molecule has 0 aliphatic carbocycles. The Morgan fingerprint density at radius 3 is 2.60 bits per heavy atom. The third-order valence-corrected chi connectivity index (χ3v) is 2.97. The second kappa shape index (κ2) is 6.14. The lowest BCUT2D eigenvalue weighted by atomic mass is 10.2. The van der Waals surface area contributed by atoms with Gasteiger partial charge in [0.1, 0.15) is 11.6 Å². The summed E-state index contributed by atoms with van der Waals surface area (Å²) in [6.45, 7) is 2.36. The van der Waals surface area contributed by atoms with Gasteiger partial charge >= 0.3 is 0 Å². The van der Waals surface area contributed by atoms with Crippen molar-refractivity contribution in [2.75, 3.05) is 23.8 Å². The van der Waals surface area contributed by atoms with Crippen LogP contribution >= 0.6 is 0 Å². The van der Waals surface area contributed by atoms with Crippen LogP contribution in [0.5, 0.6) is 0 Å². The maximum Gasteiger partial charge on any atom is 0.262 e. The number of aromatic nitrogens is 1. The molecule has 5 heteroatoms. The number of carbonyl (C=O) groups excluding carboxylic acids is 1. The van der Waals surface area contributed by atoms with Crippen LogP contribution in [0.3, 0.4) is 0 Å². The molecule has 0 fully saturated rings. The van der Waals surface area contributed by atoms with Crippen molar-refractivity contribution in [3.63, 3.8) is 0 Å². The van der Waals surface area contributed by atoms with Gasteiger partial charge in [-0.05, 0) is 43.3 Å². The summed E-state index contributed by atoms with van der Waals surface area (Å²) in [5.74, 6) is 0.0316. The summed E-state index contributed by atoms with van der Waals surface area (Å²) in [7, 11) is 1.72. The van der Waals surface area contributed by atoms with Crippen molar-refractivity contribution < 1.29 is 9.18 Å². The number of amides is 1. The Bertz CT molecular complexity index is 598. The first-order chi connectivity index (χ1) is 9.67. The van der Waals surface area contributed by atoms with E-state index in [0.717, 1.165) is 0 Å². The lowest BCUT2D eigenvalue weighted by molar-refractivity contribution is 0.0989. The molecule has 1 amide bonds. The maximum absolute atomic E-state index is 13.0. The van der Waals surface area contributed by atoms with Gasteiger partial charge in [-0.3, -0.25) is 4.79 Å². The molecule has 1 aromatic carbocycles. The van der Waals surface area contributed by atoms with E-state index in [1.807, 2.05) is 6.92 Å². The average molecular weight is 273 g/mol. The van der Waals surface area contributed by atoms with Crippen LogP contribution in [0, 0.1) is 5.82 Å². The topological polar surface area (TPSA) is 45.2 Å². The maximum atomic E-state index is 13.0. The number of hydrogen-bond donors (Lipinski definition) is 1. The highest BCUT2D eigenvalue weighted by Gasteiger charge is 2.19. The molecule has 0 saturated carbocycles. The van der Waals surface area contributed by atoms with Crippen molar-refractivity contribution in [3.8, 4) is 0 Å². The van der Waals surface area contributed by atoms with Crippen molar-refractivity contribution in [1.82, 2.24) is 4.98 Å². The first kappa shape index (κ1) is 14.0. The summed E-state index contributed by atoms with van der Waals surface area (Å²) in [5, 5.41) is 2.90. The van der Waals surface area contributed by atoms with Gasteiger partial charge in [0.25, 0.3) is 5.91 Å². The molecule has 1 aromatic heterocycles. The summed E-state index contributed by atoms with van der Waals surface area (Å²) < 4.78 is 13.0. The molecule has 0 bridgehead atoms. The standard InChI is InChI=1S/C15H16FN3O/c1-3-19(12-8-6-11(16)7-9-12)15(20)13-5-4-10-18-14(13)17-2/h4-10H,3H2,1-2H3,(H,17,18). The average Bonchev–Trinajstić information content (AvgIpc) is 2.49. The molecule has 0 saturated heterocycles. The predicted octanol–water partition coefficient (Wildman–Crippen LogP) is 2.93. The fourth-order valence-corrected chi connectivity index (χ4v) is 1.99. The zero-order valence-electron chi connectivity index (χ0n) is 11.4. The summed E-state index contributed by atoms with van der Waals surface area (Å²) in [4.78, 5) is 18.3. The number of nitrogens with zero attached hydrogens (tertiary/aromatic N) is 2. The van der Waals surface area contributed by atoms with E-state index in [1.165, 1.54) is 12.1 Å². The SMILES string of the molecule is CCN(C(=O)c1cccnc1NC)c1ccc(F)cc1. The van der Waals surface area contributed by atoms with Crippen molar-refractivity contribution in [2.24, 2.45) is 0 Å². The number of benzene rings is 1. The fourth-order valence-electron chi connectivity index (χ4n) is 1.99. The number of rotatable bonds is 4. The number of carbonyl (C=O) groups is 1. The third-order valence-electron chi connectivity index (χ3n) is 2.97. The number of halogens is 1. The first-order valence-electron chi connectivity index (χ1n) is 6.37. The minimum Gasteiger partial charge on any atom is -0.372 e. The molecular weight excluding hydrogens is 257 g/mol. The summed E-state index contributed by atoms with van der Waals surface area (Å²) in [5.41, 5.74) is 1.14. The molecule has 2 rings (SSSR count). The highest BCUT2D eigenvalue weighted by Crippen LogP contribution is 2.20. The van der Waals surface area contributed by atoms with E-state index < -0.39 is 0 Å². The minimum absolute atomic E-state index is 0.170. The molecule has 0 unspecified atom stereocenters. The number of hydrogen-bond acceptors (Lipinski definition) is 3. The van der Waals surface area contributed by atoms with Crippen LogP contribution in [-0.2, 0) is 0 Å². The normalized spacial score (nSPS) is 10.2. The van der Waals surface area contributed by atoms with E-state index in [0.29, 0.717) is 23.6 Å². The van der Waals surface area contributed by atoms with Gasteiger partial charge < -0.3 is 10.2 Å². The van der Waals surface area contributed by atoms with Gasteiger partial charge in [-0.1, -0.05) is 0 Å². The Labute approximate surface area is 117 Å². The van der Waals surface area contributed by atoms with Gasteiger partial charge in [0.2, 0.25) is 0 Å². The van der Waals surface area contributed by atoms with E-state index in [1.54, 1.807) is 42.4 Å². The van der Waals surface area contributed by atoms with Gasteiger partial charge in [0, 0.05) is 25.5 Å². The zero-order valence-corrected chi connectivity index (χ0v) is 11.4. The van der Waals surface area contributed by atoms with E-state index in [2.05, 4.69) is 10.3 Å². The molecule has 20 heavy (non-hydrogen) atoms. The van der Waals surface area contributed by atoms with Gasteiger partial charge in [-0.25, -0.2) is 9.37 Å². The highest BCUT2D eigenvalue weighted by atomic mass is 19.1. The quantitative estimate of drug-likeness (QED) is 0.931. The Morgan fingerprint density at radius 2 is 2.00 bits per heavy atom. The zero-order chi connectivity index (χ0) is 14.5. The van der Waals surface area contributed by atoms with E-state index >= 15 is 0 Å².